The van der Waals surface area contributed by atoms with Gasteiger partial charge in [0.1, 0.15) is 0 Å². The van der Waals surface area contributed by atoms with Gasteiger partial charge in [0, 0.05) is 5.56 Å². The van der Waals surface area contributed by atoms with Gasteiger partial charge in [-0.3, -0.25) is 9.89 Å². The number of aromatic amines is 1. The Hall–Kier alpha value is -3.28. The first-order valence-corrected chi connectivity index (χ1v) is 8.49. The fourth-order valence-corrected chi connectivity index (χ4v) is 2.96. The summed E-state index contributed by atoms with van der Waals surface area (Å²) in [6, 6.07) is 15.4. The molecule has 1 aliphatic rings. The molecule has 2 aromatic carbocycles. The molecule has 6 nitrogen and oxygen atoms in total. The van der Waals surface area contributed by atoms with Crippen LogP contribution in [0.15, 0.2) is 48.5 Å². The fourth-order valence-electron chi connectivity index (χ4n) is 2.96. The summed E-state index contributed by atoms with van der Waals surface area (Å²) in [7, 11) is 0. The molecule has 0 atom stereocenters. The van der Waals surface area contributed by atoms with E-state index in [-0.39, 0.29) is 12.7 Å². The average molecular weight is 349 g/mol. The molecule has 0 radical (unpaired) electrons. The quantitative estimate of drug-likeness (QED) is 0.739. The zero-order chi connectivity index (χ0) is 17.9. The van der Waals surface area contributed by atoms with Gasteiger partial charge in [0.25, 0.3) is 5.91 Å². The minimum absolute atomic E-state index is 0.185. The summed E-state index contributed by atoms with van der Waals surface area (Å²) in [5.74, 6) is 1.05. The summed E-state index contributed by atoms with van der Waals surface area (Å²) in [6.07, 6.45) is 1.60. The number of nitrogens with zero attached hydrogens (tertiary/aromatic N) is 1. The van der Waals surface area contributed by atoms with E-state index in [9.17, 15) is 4.79 Å². The number of ether oxygens (including phenoxy) is 2. The van der Waals surface area contributed by atoms with Crippen LogP contribution in [0, 0.1) is 6.92 Å². The number of benzene rings is 2. The lowest BCUT2D eigenvalue weighted by atomic mass is 10.1. The van der Waals surface area contributed by atoms with Gasteiger partial charge in [-0.15, -0.1) is 0 Å². The van der Waals surface area contributed by atoms with Crippen molar-refractivity contribution in [2.24, 2.45) is 0 Å². The van der Waals surface area contributed by atoms with Gasteiger partial charge in [-0.05, 0) is 43.5 Å². The largest absolute Gasteiger partial charge is 0.454 e. The summed E-state index contributed by atoms with van der Waals surface area (Å²) >= 11 is 0. The molecule has 6 heteroatoms. The van der Waals surface area contributed by atoms with Crippen LogP contribution in [0.4, 0.5) is 5.69 Å². The third-order valence-electron chi connectivity index (χ3n) is 4.39. The van der Waals surface area contributed by atoms with Crippen LogP contribution in [-0.2, 0) is 12.8 Å². The van der Waals surface area contributed by atoms with E-state index in [1.807, 2.05) is 25.1 Å². The van der Waals surface area contributed by atoms with Gasteiger partial charge in [0.2, 0.25) is 6.79 Å². The molecule has 2 N–H and O–H groups in total. The number of nitrogens with one attached hydrogen (secondary N) is 2. The van der Waals surface area contributed by atoms with Crippen molar-refractivity contribution in [3.63, 3.8) is 0 Å². The molecule has 132 valence electrons. The van der Waals surface area contributed by atoms with Crippen molar-refractivity contribution < 1.29 is 14.3 Å². The molecule has 1 amide bonds. The number of rotatable bonds is 5. The highest BCUT2D eigenvalue weighted by Gasteiger charge is 2.18. The Labute approximate surface area is 151 Å². The normalized spacial score (nSPS) is 12.2. The van der Waals surface area contributed by atoms with Gasteiger partial charge in [-0.1, -0.05) is 30.3 Å². The molecule has 0 aliphatic carbocycles. The summed E-state index contributed by atoms with van der Waals surface area (Å²) in [5, 5.41) is 10.3. The third-order valence-corrected chi connectivity index (χ3v) is 4.39. The topological polar surface area (TPSA) is 76.2 Å². The maximum absolute atomic E-state index is 12.6. The zero-order valence-corrected chi connectivity index (χ0v) is 14.4. The number of H-pyrrole nitrogens is 1. The first kappa shape index (κ1) is 16.2. The maximum Gasteiger partial charge on any atom is 0.255 e. The molecule has 0 unspecified atom stereocenters. The molecule has 0 spiro atoms. The second kappa shape index (κ2) is 6.92. The fraction of sp³-hybridized carbons (Fsp3) is 0.200. The van der Waals surface area contributed by atoms with Crippen LogP contribution in [0.3, 0.4) is 0 Å². The number of hydrogen-bond donors (Lipinski definition) is 2. The van der Waals surface area contributed by atoms with Crippen molar-refractivity contribution in [3.8, 4) is 11.5 Å². The van der Waals surface area contributed by atoms with Crippen LogP contribution in [0.1, 0.15) is 27.3 Å². The van der Waals surface area contributed by atoms with Crippen LogP contribution in [-0.4, -0.2) is 22.9 Å². The Morgan fingerprint density at radius 3 is 2.77 bits per heavy atom. The molecule has 0 saturated heterocycles. The van der Waals surface area contributed by atoms with Gasteiger partial charge in [-0.25, -0.2) is 0 Å². The van der Waals surface area contributed by atoms with Crippen molar-refractivity contribution in [2.45, 2.75) is 19.8 Å². The number of fused-ring (bicyclic) bond motifs is 1. The molecule has 1 aromatic heterocycles. The molecular formula is C20H19N3O3. The molecule has 0 saturated carbocycles. The molecule has 0 bridgehead atoms. The van der Waals surface area contributed by atoms with Crippen molar-refractivity contribution in [1.29, 1.82) is 0 Å². The molecule has 0 fully saturated rings. The molecule has 2 heterocycles. The molecule has 1 aliphatic heterocycles. The van der Waals surface area contributed by atoms with E-state index in [0.717, 1.165) is 29.9 Å². The number of aromatic nitrogens is 2. The van der Waals surface area contributed by atoms with E-state index >= 15 is 0 Å². The Morgan fingerprint density at radius 1 is 1.12 bits per heavy atom. The van der Waals surface area contributed by atoms with Gasteiger partial charge < -0.3 is 14.8 Å². The Bertz CT molecular complexity index is 935. The molecule has 4 rings (SSSR count). The second-order valence-electron chi connectivity index (χ2n) is 6.18. The molecule has 3 aromatic rings. The van der Waals surface area contributed by atoms with E-state index in [0.29, 0.717) is 17.1 Å². The number of anilines is 1. The van der Waals surface area contributed by atoms with Crippen LogP contribution in [0.25, 0.3) is 0 Å². The molecule has 26 heavy (non-hydrogen) atoms. The summed E-state index contributed by atoms with van der Waals surface area (Å²) in [6.45, 7) is 2.08. The monoisotopic (exact) mass is 349 g/mol. The number of carbonyl (C=O) groups excluding carboxylic acids is 1. The highest BCUT2D eigenvalue weighted by atomic mass is 16.7. The summed E-state index contributed by atoms with van der Waals surface area (Å²) < 4.78 is 10.6. The highest BCUT2D eigenvalue weighted by molar-refractivity contribution is 6.05. The number of aryl methyl sites for hydroxylation is 3. The van der Waals surface area contributed by atoms with Gasteiger partial charge in [-0.2, -0.15) is 5.10 Å². The minimum Gasteiger partial charge on any atom is -0.454 e. The first-order chi connectivity index (χ1) is 12.7. The van der Waals surface area contributed by atoms with Gasteiger partial charge in [0.15, 0.2) is 11.5 Å². The zero-order valence-electron chi connectivity index (χ0n) is 14.4. The minimum atomic E-state index is -0.200. The van der Waals surface area contributed by atoms with E-state index in [1.165, 1.54) is 5.56 Å². The SMILES string of the molecule is Cc1[nH]nc(CCc2ccccc2)c1NC(=O)c1ccc2c(c1)OCO2. The lowest BCUT2D eigenvalue weighted by molar-refractivity contribution is 0.102. The second-order valence-corrected chi connectivity index (χ2v) is 6.18. The first-order valence-electron chi connectivity index (χ1n) is 8.49. The Balaban J connectivity index is 1.49. The Kier molecular flexibility index (Phi) is 4.31. The predicted octanol–water partition coefficient (Wildman–Crippen LogP) is 3.48. The number of hydrogen-bond acceptors (Lipinski definition) is 4. The van der Waals surface area contributed by atoms with Gasteiger partial charge >= 0.3 is 0 Å². The highest BCUT2D eigenvalue weighted by Crippen LogP contribution is 2.32. The molecular weight excluding hydrogens is 330 g/mol. The van der Waals surface area contributed by atoms with E-state index in [2.05, 4.69) is 27.6 Å². The Morgan fingerprint density at radius 2 is 1.92 bits per heavy atom. The van der Waals surface area contributed by atoms with Crippen molar-refractivity contribution in [3.05, 3.63) is 71.0 Å². The van der Waals surface area contributed by atoms with Crippen LogP contribution >= 0.6 is 0 Å². The van der Waals surface area contributed by atoms with Crippen molar-refractivity contribution >= 4 is 11.6 Å². The van der Waals surface area contributed by atoms with Crippen LogP contribution in [0.2, 0.25) is 0 Å². The number of carbonyl (C=O) groups is 1. The lowest BCUT2D eigenvalue weighted by Gasteiger charge is -2.08. The van der Waals surface area contributed by atoms with Crippen molar-refractivity contribution in [1.82, 2.24) is 10.2 Å². The third kappa shape index (κ3) is 3.26. The van der Waals surface area contributed by atoms with E-state index < -0.39 is 0 Å². The lowest BCUT2D eigenvalue weighted by Crippen LogP contribution is -2.13. The van der Waals surface area contributed by atoms with Gasteiger partial charge in [0.05, 0.1) is 17.1 Å². The summed E-state index contributed by atoms with van der Waals surface area (Å²) in [4.78, 5) is 12.6. The van der Waals surface area contributed by atoms with E-state index in [4.69, 9.17) is 9.47 Å². The number of amides is 1. The summed E-state index contributed by atoms with van der Waals surface area (Å²) in [5.41, 5.74) is 4.18. The van der Waals surface area contributed by atoms with Crippen LogP contribution < -0.4 is 14.8 Å². The maximum atomic E-state index is 12.6. The van der Waals surface area contributed by atoms with E-state index in [1.54, 1.807) is 18.2 Å². The predicted molar refractivity (Wildman–Crippen MR) is 97.7 cm³/mol. The smallest absolute Gasteiger partial charge is 0.255 e. The standard InChI is InChI=1S/C20H19N3O3/c1-13-19(16(23-22-13)9-7-14-5-3-2-4-6-14)21-20(24)15-8-10-17-18(11-15)26-12-25-17/h2-6,8,10-11H,7,9,12H2,1H3,(H,21,24)(H,22,23). The van der Waals surface area contributed by atoms with Crippen molar-refractivity contribution in [2.75, 3.05) is 12.1 Å². The van der Waals surface area contributed by atoms with Crippen LogP contribution in [0.5, 0.6) is 11.5 Å². The average Bonchev–Trinajstić information content (AvgIpc) is 3.27.